The molecule has 1 fully saturated rings. The number of imide groups is 1. The molecule has 0 radical (unpaired) electrons. The maximum atomic E-state index is 13.2. The van der Waals surface area contributed by atoms with Crippen molar-refractivity contribution in [2.24, 2.45) is 10.9 Å². The van der Waals surface area contributed by atoms with Gasteiger partial charge in [-0.3, -0.25) is 25.2 Å². The van der Waals surface area contributed by atoms with Crippen LogP contribution in [0.3, 0.4) is 0 Å². The Morgan fingerprint density at radius 2 is 1.93 bits per heavy atom. The molecule has 3 amide bonds. The number of hydrogen-bond donors (Lipinski definition) is 2. The van der Waals surface area contributed by atoms with Crippen molar-refractivity contribution in [2.75, 3.05) is 0 Å². The molecule has 2 aromatic heterocycles. The highest BCUT2D eigenvalue weighted by Crippen LogP contribution is 2.46. The summed E-state index contributed by atoms with van der Waals surface area (Å²) >= 11 is 0. The number of nitrogens with one attached hydrogen (secondary N) is 2. The number of fused-ring (bicyclic) bond motifs is 1. The highest BCUT2D eigenvalue weighted by atomic mass is 16.3. The van der Waals surface area contributed by atoms with Gasteiger partial charge in [0, 0.05) is 42.6 Å². The van der Waals surface area contributed by atoms with Gasteiger partial charge in [-0.2, -0.15) is 0 Å². The molecule has 2 aliphatic heterocycles. The molecule has 8 heteroatoms. The van der Waals surface area contributed by atoms with E-state index in [1.807, 2.05) is 12.1 Å². The quantitative estimate of drug-likeness (QED) is 0.832. The Labute approximate surface area is 159 Å². The summed E-state index contributed by atoms with van der Waals surface area (Å²) in [7, 11) is 0. The van der Waals surface area contributed by atoms with Gasteiger partial charge in [-0.05, 0) is 23.8 Å². The second-order valence-corrected chi connectivity index (χ2v) is 7.09. The first kappa shape index (κ1) is 16.6. The largest absolute Gasteiger partial charge is 0.469 e. The van der Waals surface area contributed by atoms with Gasteiger partial charge in [-0.1, -0.05) is 6.07 Å². The zero-order valence-corrected chi connectivity index (χ0v) is 14.7. The lowest BCUT2D eigenvalue weighted by Gasteiger charge is -2.38. The number of aliphatic imine (C=N–C) groups is 1. The predicted octanol–water partition coefficient (Wildman–Crippen LogP) is 2.03. The highest BCUT2D eigenvalue weighted by Gasteiger charge is 2.48. The first-order chi connectivity index (χ1) is 13.6. The molecular weight excluding hydrogens is 360 g/mol. The highest BCUT2D eigenvalue weighted by molar-refractivity contribution is 6.20. The molecule has 3 aliphatic rings. The predicted molar refractivity (Wildman–Crippen MR) is 97.3 cm³/mol. The number of rotatable bonds is 2. The minimum atomic E-state index is -0.773. The number of aromatic nitrogens is 1. The van der Waals surface area contributed by atoms with Crippen LogP contribution in [0.15, 0.2) is 63.6 Å². The fourth-order valence-electron chi connectivity index (χ4n) is 4.27. The summed E-state index contributed by atoms with van der Waals surface area (Å²) in [6.07, 6.45) is 5.65. The van der Waals surface area contributed by atoms with Gasteiger partial charge in [-0.25, -0.2) is 9.79 Å². The number of hydrogen-bond acceptors (Lipinski definition) is 6. The van der Waals surface area contributed by atoms with Gasteiger partial charge in [0.05, 0.1) is 12.0 Å². The third-order valence-corrected chi connectivity index (χ3v) is 5.43. The van der Waals surface area contributed by atoms with Crippen LogP contribution in [0.5, 0.6) is 0 Å². The van der Waals surface area contributed by atoms with Crippen molar-refractivity contribution < 1.29 is 18.8 Å². The number of furan rings is 1. The fourth-order valence-corrected chi connectivity index (χ4v) is 4.27. The monoisotopic (exact) mass is 376 g/mol. The van der Waals surface area contributed by atoms with E-state index >= 15 is 0 Å². The van der Waals surface area contributed by atoms with Crippen LogP contribution in [0, 0.1) is 5.92 Å². The SMILES string of the molecule is O=C1NC(=O)C2C(=NC3=C(C(=O)CC(c4ccco4)C3)C2c2cccnc2)N1. The minimum absolute atomic E-state index is 0.0657. The Bertz CT molecular complexity index is 1040. The summed E-state index contributed by atoms with van der Waals surface area (Å²) < 4.78 is 5.49. The lowest BCUT2D eigenvalue weighted by molar-refractivity contribution is -0.123. The fraction of sp³-hybridized carbons (Fsp3) is 0.250. The average molecular weight is 376 g/mol. The van der Waals surface area contributed by atoms with E-state index in [9.17, 15) is 14.4 Å². The molecule has 4 heterocycles. The van der Waals surface area contributed by atoms with Crippen molar-refractivity contribution >= 4 is 23.6 Å². The van der Waals surface area contributed by atoms with Crippen LogP contribution < -0.4 is 10.6 Å². The van der Waals surface area contributed by atoms with Crippen LogP contribution in [-0.2, 0) is 9.59 Å². The molecule has 3 atom stereocenters. The van der Waals surface area contributed by atoms with Crippen LogP contribution in [0.2, 0.25) is 0 Å². The molecule has 0 spiro atoms. The Balaban J connectivity index is 1.65. The van der Waals surface area contributed by atoms with E-state index in [0.29, 0.717) is 17.7 Å². The van der Waals surface area contributed by atoms with Crippen LogP contribution in [0.4, 0.5) is 4.79 Å². The second kappa shape index (κ2) is 6.26. The summed E-state index contributed by atoms with van der Waals surface area (Å²) in [5.41, 5.74) is 1.85. The number of amidine groups is 1. The third kappa shape index (κ3) is 2.57. The van der Waals surface area contributed by atoms with Crippen molar-refractivity contribution in [3.8, 4) is 0 Å². The summed E-state index contributed by atoms with van der Waals surface area (Å²) in [5.74, 6) is -0.968. The maximum absolute atomic E-state index is 13.2. The van der Waals surface area contributed by atoms with Crippen molar-refractivity contribution in [1.82, 2.24) is 15.6 Å². The van der Waals surface area contributed by atoms with Gasteiger partial charge in [-0.15, -0.1) is 0 Å². The van der Waals surface area contributed by atoms with Gasteiger partial charge >= 0.3 is 6.03 Å². The van der Waals surface area contributed by atoms with Gasteiger partial charge in [0.25, 0.3) is 0 Å². The van der Waals surface area contributed by atoms with E-state index in [-0.39, 0.29) is 24.0 Å². The smallest absolute Gasteiger partial charge is 0.326 e. The van der Waals surface area contributed by atoms with E-state index in [2.05, 4.69) is 20.6 Å². The summed E-state index contributed by atoms with van der Waals surface area (Å²) in [4.78, 5) is 46.3. The number of allylic oxidation sites excluding steroid dienone is 2. The first-order valence-electron chi connectivity index (χ1n) is 9.02. The first-order valence-corrected chi connectivity index (χ1v) is 9.02. The molecule has 0 saturated carbocycles. The molecule has 1 saturated heterocycles. The van der Waals surface area contributed by atoms with Crippen LogP contribution >= 0.6 is 0 Å². The van der Waals surface area contributed by atoms with E-state index in [1.165, 1.54) is 0 Å². The summed E-state index contributed by atoms with van der Waals surface area (Å²) in [6.45, 7) is 0. The molecule has 2 aromatic rings. The molecule has 2 N–H and O–H groups in total. The molecule has 1 aliphatic carbocycles. The number of nitrogens with zero attached hydrogens (tertiary/aromatic N) is 2. The summed E-state index contributed by atoms with van der Waals surface area (Å²) in [5, 5.41) is 4.92. The lowest BCUT2D eigenvalue weighted by atomic mass is 9.70. The van der Waals surface area contributed by atoms with Crippen molar-refractivity contribution in [3.63, 3.8) is 0 Å². The number of carbonyl (C=O) groups is 3. The number of amides is 3. The van der Waals surface area contributed by atoms with Gasteiger partial charge < -0.3 is 4.42 Å². The molecule has 5 rings (SSSR count). The lowest BCUT2D eigenvalue weighted by Crippen LogP contribution is -2.58. The van der Waals surface area contributed by atoms with E-state index in [1.54, 1.807) is 30.8 Å². The minimum Gasteiger partial charge on any atom is -0.469 e. The number of Topliss-reactive ketones (excluding diaryl/α,β-unsaturated/α-hetero) is 1. The second-order valence-electron chi connectivity index (χ2n) is 7.09. The Kier molecular flexibility index (Phi) is 3.71. The number of urea groups is 1. The topological polar surface area (TPSA) is 114 Å². The molecule has 8 nitrogen and oxygen atoms in total. The molecular formula is C20H16N4O4. The number of pyridine rings is 1. The van der Waals surface area contributed by atoms with Gasteiger partial charge in [0.15, 0.2) is 5.78 Å². The van der Waals surface area contributed by atoms with Crippen LogP contribution in [0.25, 0.3) is 0 Å². The van der Waals surface area contributed by atoms with E-state index < -0.39 is 23.8 Å². The molecule has 28 heavy (non-hydrogen) atoms. The zero-order chi connectivity index (χ0) is 19.3. The van der Waals surface area contributed by atoms with Crippen molar-refractivity contribution in [3.05, 3.63) is 65.5 Å². The van der Waals surface area contributed by atoms with E-state index in [4.69, 9.17) is 4.42 Å². The van der Waals surface area contributed by atoms with Crippen LogP contribution in [-0.4, -0.2) is 28.5 Å². The maximum Gasteiger partial charge on any atom is 0.326 e. The average Bonchev–Trinajstić information content (AvgIpc) is 3.21. The molecule has 0 aromatic carbocycles. The van der Waals surface area contributed by atoms with Crippen LogP contribution in [0.1, 0.15) is 36.0 Å². The van der Waals surface area contributed by atoms with E-state index in [0.717, 1.165) is 11.3 Å². The standard InChI is InChI=1S/C20H16N4O4/c25-13-8-11(14-4-2-6-28-14)7-12-16(13)15(10-3-1-5-21-9-10)17-18(22-12)23-20(27)24-19(17)26/h1-6,9,11,15,17H,7-8H2,(H2,22,23,24,26,27). The molecule has 0 bridgehead atoms. The molecule has 3 unspecified atom stereocenters. The normalized spacial score (nSPS) is 26.8. The van der Waals surface area contributed by atoms with Crippen molar-refractivity contribution in [2.45, 2.75) is 24.7 Å². The molecule has 140 valence electrons. The van der Waals surface area contributed by atoms with Gasteiger partial charge in [0.1, 0.15) is 17.5 Å². The van der Waals surface area contributed by atoms with Gasteiger partial charge in [0.2, 0.25) is 5.91 Å². The Morgan fingerprint density at radius 3 is 2.68 bits per heavy atom. The third-order valence-electron chi connectivity index (χ3n) is 5.43. The van der Waals surface area contributed by atoms with Crippen molar-refractivity contribution in [1.29, 1.82) is 0 Å². The Morgan fingerprint density at radius 1 is 1.04 bits per heavy atom. The number of carbonyl (C=O) groups excluding carboxylic acids is 3. The Hall–Kier alpha value is -3.55. The summed E-state index contributed by atoms with van der Waals surface area (Å²) in [6, 6.07) is 6.62. The zero-order valence-electron chi connectivity index (χ0n) is 14.7. The number of ketones is 1.